The number of carbonyl (C=O) groups is 1. The van der Waals surface area contributed by atoms with Crippen LogP contribution in [0.15, 0.2) is 60.7 Å². The molecule has 3 rings (SSSR count). The van der Waals surface area contributed by atoms with Crippen molar-refractivity contribution in [1.29, 1.82) is 0 Å². The highest BCUT2D eigenvalue weighted by Gasteiger charge is 2.17. The minimum Gasteiger partial charge on any atom is -0.506 e. The Balaban J connectivity index is 1.83. The number of anilines is 1. The average molecular weight is 321 g/mol. The zero-order valence-corrected chi connectivity index (χ0v) is 13.6. The van der Waals surface area contributed by atoms with Gasteiger partial charge in [0.05, 0.1) is 18.7 Å². The van der Waals surface area contributed by atoms with Crippen LogP contribution in [0.1, 0.15) is 18.4 Å². The Morgan fingerprint density at radius 2 is 1.75 bits per heavy atom. The van der Waals surface area contributed by atoms with Crippen molar-refractivity contribution in [2.45, 2.75) is 12.8 Å². The first-order valence-electron chi connectivity index (χ1n) is 7.75. The van der Waals surface area contributed by atoms with Crippen LogP contribution in [-0.4, -0.2) is 18.1 Å². The predicted octanol–water partition coefficient (Wildman–Crippen LogP) is 4.30. The normalized spacial score (nSPS) is 11.9. The lowest BCUT2D eigenvalue weighted by Crippen LogP contribution is -2.18. The second kappa shape index (κ2) is 6.62. The number of carbonyl (C=O) groups excluding carboxylic acids is 1. The molecule has 0 fully saturated rings. The van der Waals surface area contributed by atoms with Crippen LogP contribution in [0.25, 0.3) is 10.8 Å². The molecule has 0 saturated carbocycles. The van der Waals surface area contributed by atoms with Crippen molar-refractivity contribution >= 4 is 22.4 Å². The molecule has 122 valence electrons. The molecule has 4 nitrogen and oxygen atoms in total. The van der Waals surface area contributed by atoms with Gasteiger partial charge in [0.2, 0.25) is 5.91 Å². The van der Waals surface area contributed by atoms with Crippen LogP contribution < -0.4 is 10.1 Å². The summed E-state index contributed by atoms with van der Waals surface area (Å²) in [6.45, 7) is 1.85. The number of phenolic OH excluding ortho intramolecular Hbond substituents is 1. The number of hydrogen-bond acceptors (Lipinski definition) is 3. The largest absolute Gasteiger partial charge is 0.506 e. The first kappa shape index (κ1) is 15.9. The molecule has 3 aromatic carbocycles. The second-order valence-electron chi connectivity index (χ2n) is 5.70. The van der Waals surface area contributed by atoms with Crippen LogP contribution in [0.4, 0.5) is 5.69 Å². The van der Waals surface area contributed by atoms with Gasteiger partial charge in [-0.25, -0.2) is 0 Å². The Morgan fingerprint density at radius 1 is 1.04 bits per heavy atom. The van der Waals surface area contributed by atoms with Gasteiger partial charge < -0.3 is 15.2 Å². The summed E-state index contributed by atoms with van der Waals surface area (Å²) in [6.07, 6.45) is 0. The minimum absolute atomic E-state index is 0.0589. The van der Waals surface area contributed by atoms with Crippen LogP contribution in [0.2, 0.25) is 0 Å². The summed E-state index contributed by atoms with van der Waals surface area (Å²) >= 11 is 0. The number of phenols is 1. The highest BCUT2D eigenvalue weighted by atomic mass is 16.5. The topological polar surface area (TPSA) is 58.6 Å². The third-order valence-corrected chi connectivity index (χ3v) is 4.13. The maximum absolute atomic E-state index is 12.5. The number of rotatable bonds is 4. The monoisotopic (exact) mass is 321 g/mol. The van der Waals surface area contributed by atoms with Crippen molar-refractivity contribution in [2.75, 3.05) is 12.4 Å². The molecule has 0 saturated heterocycles. The molecule has 0 unspecified atom stereocenters. The van der Waals surface area contributed by atoms with Crippen LogP contribution in [0.3, 0.4) is 0 Å². The lowest BCUT2D eigenvalue weighted by molar-refractivity contribution is -0.117. The van der Waals surface area contributed by atoms with E-state index in [4.69, 9.17) is 4.74 Å². The molecular weight excluding hydrogens is 302 g/mol. The first-order valence-corrected chi connectivity index (χ1v) is 7.75. The molecule has 0 aliphatic heterocycles. The summed E-state index contributed by atoms with van der Waals surface area (Å²) in [5.41, 5.74) is 1.33. The van der Waals surface area contributed by atoms with Crippen LogP contribution in [0, 0.1) is 0 Å². The number of hydrogen-bond donors (Lipinski definition) is 2. The van der Waals surface area contributed by atoms with E-state index in [0.29, 0.717) is 5.69 Å². The van der Waals surface area contributed by atoms with Crippen molar-refractivity contribution < 1.29 is 14.6 Å². The molecular formula is C20H19NO3. The van der Waals surface area contributed by atoms with Crippen molar-refractivity contribution in [3.63, 3.8) is 0 Å². The highest BCUT2D eigenvalue weighted by molar-refractivity contribution is 5.97. The van der Waals surface area contributed by atoms with Gasteiger partial charge in [0.1, 0.15) is 11.5 Å². The van der Waals surface area contributed by atoms with Crippen molar-refractivity contribution in [2.24, 2.45) is 0 Å². The van der Waals surface area contributed by atoms with Gasteiger partial charge in [-0.2, -0.15) is 0 Å². The van der Waals surface area contributed by atoms with E-state index in [2.05, 4.69) is 5.32 Å². The summed E-state index contributed by atoms with van der Waals surface area (Å²) in [4.78, 5) is 12.5. The lowest BCUT2D eigenvalue weighted by atomic mass is 9.97. The van der Waals surface area contributed by atoms with Crippen LogP contribution in [-0.2, 0) is 4.79 Å². The number of ether oxygens (including phenoxy) is 1. The van der Waals surface area contributed by atoms with Gasteiger partial charge in [0.15, 0.2) is 0 Å². The minimum atomic E-state index is -0.337. The maximum atomic E-state index is 12.5. The van der Waals surface area contributed by atoms with Gasteiger partial charge in [-0.05, 0) is 47.5 Å². The Labute approximate surface area is 140 Å². The fourth-order valence-electron chi connectivity index (χ4n) is 2.61. The van der Waals surface area contributed by atoms with E-state index in [1.807, 2.05) is 43.3 Å². The van der Waals surface area contributed by atoms with E-state index in [9.17, 15) is 9.90 Å². The number of nitrogens with one attached hydrogen (secondary N) is 1. The van der Waals surface area contributed by atoms with E-state index < -0.39 is 0 Å². The van der Waals surface area contributed by atoms with Gasteiger partial charge in [-0.15, -0.1) is 0 Å². The fourth-order valence-corrected chi connectivity index (χ4v) is 2.61. The van der Waals surface area contributed by atoms with Gasteiger partial charge in [-0.3, -0.25) is 4.79 Å². The molecule has 4 heteroatoms. The summed E-state index contributed by atoms with van der Waals surface area (Å²) in [7, 11) is 1.64. The van der Waals surface area contributed by atoms with E-state index in [-0.39, 0.29) is 17.6 Å². The quantitative estimate of drug-likeness (QED) is 0.705. The molecule has 0 heterocycles. The third-order valence-electron chi connectivity index (χ3n) is 4.13. The lowest BCUT2D eigenvalue weighted by Gasteiger charge is -2.14. The molecule has 0 bridgehead atoms. The van der Waals surface area contributed by atoms with Crippen LogP contribution >= 0.6 is 0 Å². The number of para-hydroxylation sites is 2. The molecule has 24 heavy (non-hydrogen) atoms. The van der Waals surface area contributed by atoms with Crippen molar-refractivity contribution in [3.05, 3.63) is 66.2 Å². The smallest absolute Gasteiger partial charge is 0.231 e. The second-order valence-corrected chi connectivity index (χ2v) is 5.70. The van der Waals surface area contributed by atoms with E-state index in [1.165, 1.54) is 0 Å². The summed E-state index contributed by atoms with van der Waals surface area (Å²) in [5, 5.41) is 14.7. The Morgan fingerprint density at radius 3 is 2.50 bits per heavy atom. The standard InChI is InChI=1S/C20H19NO3/c1-13(20(23)21-18-5-3-4-6-19(18)22)14-7-8-16-12-17(24-2)10-9-15(16)11-14/h3-13,22H,1-2H3,(H,21,23)/t13-/m0/s1. The average Bonchev–Trinajstić information content (AvgIpc) is 2.62. The molecule has 1 amide bonds. The zero-order valence-electron chi connectivity index (χ0n) is 13.6. The molecule has 0 aliphatic rings. The molecule has 0 aliphatic carbocycles. The van der Waals surface area contributed by atoms with Gasteiger partial charge >= 0.3 is 0 Å². The fraction of sp³-hybridized carbons (Fsp3) is 0.150. The SMILES string of the molecule is COc1ccc2cc([C@H](C)C(=O)Nc3ccccc3O)ccc2c1. The summed E-state index contributed by atoms with van der Waals surface area (Å²) in [5.74, 6) is 0.365. The molecule has 3 aromatic rings. The predicted molar refractivity (Wildman–Crippen MR) is 95.7 cm³/mol. The maximum Gasteiger partial charge on any atom is 0.231 e. The zero-order chi connectivity index (χ0) is 17.1. The number of fused-ring (bicyclic) bond motifs is 1. The van der Waals surface area contributed by atoms with Crippen molar-refractivity contribution in [1.82, 2.24) is 0 Å². The molecule has 2 N–H and O–H groups in total. The Bertz CT molecular complexity index is 889. The molecule has 0 spiro atoms. The van der Waals surface area contributed by atoms with Crippen molar-refractivity contribution in [3.8, 4) is 11.5 Å². The van der Waals surface area contributed by atoms with Crippen LogP contribution in [0.5, 0.6) is 11.5 Å². The van der Waals surface area contributed by atoms with Gasteiger partial charge in [0.25, 0.3) is 0 Å². The first-order chi connectivity index (χ1) is 11.6. The molecule has 0 radical (unpaired) electrons. The number of benzene rings is 3. The number of aromatic hydroxyl groups is 1. The summed E-state index contributed by atoms with van der Waals surface area (Å²) < 4.78 is 5.23. The molecule has 1 atom stereocenters. The number of methoxy groups -OCH3 is 1. The highest BCUT2D eigenvalue weighted by Crippen LogP contribution is 2.27. The van der Waals surface area contributed by atoms with Gasteiger partial charge in [0, 0.05) is 0 Å². The third kappa shape index (κ3) is 3.18. The Kier molecular flexibility index (Phi) is 4.38. The van der Waals surface area contributed by atoms with Gasteiger partial charge in [-0.1, -0.05) is 36.4 Å². The van der Waals surface area contributed by atoms with E-state index in [1.54, 1.807) is 31.4 Å². The molecule has 0 aromatic heterocycles. The number of amides is 1. The Hall–Kier alpha value is -3.01. The summed E-state index contributed by atoms with van der Waals surface area (Å²) in [6, 6.07) is 18.5. The van der Waals surface area contributed by atoms with E-state index >= 15 is 0 Å². The van der Waals surface area contributed by atoms with E-state index in [0.717, 1.165) is 22.1 Å².